The molecule has 1 aromatic heterocycles. The maximum Gasteiger partial charge on any atom is 0.511 e. The number of aryl methyl sites for hydroxylation is 1. The molecule has 0 bridgehead atoms. The summed E-state index contributed by atoms with van der Waals surface area (Å²) in [6.45, 7) is 2.66. The van der Waals surface area contributed by atoms with Crippen molar-refractivity contribution >= 4 is 28.9 Å². The predicted molar refractivity (Wildman–Crippen MR) is 139 cm³/mol. The van der Waals surface area contributed by atoms with E-state index in [2.05, 4.69) is 11.5 Å². The van der Waals surface area contributed by atoms with Gasteiger partial charge in [-0.1, -0.05) is 55.8 Å². The second-order valence-electron chi connectivity index (χ2n) is 8.80. The molecule has 0 fully saturated rings. The van der Waals surface area contributed by atoms with Crippen LogP contribution in [0.1, 0.15) is 54.4 Å². The molecule has 0 aliphatic heterocycles. The van der Waals surface area contributed by atoms with E-state index in [1.165, 1.54) is 0 Å². The second kappa shape index (κ2) is 11.5. The van der Waals surface area contributed by atoms with E-state index in [0.717, 1.165) is 47.2 Å². The number of hydrogen-bond donors (Lipinski definition) is 2. The number of Topliss-reactive ketones (excluding diaryl/α,β-unsaturated/α-hetero) is 1. The maximum absolute atomic E-state index is 12.6. The Kier molecular flexibility index (Phi) is 7.98. The minimum Gasteiger partial charge on any atom is -0.481 e. The SMILES string of the molecule is CCCCc1nc2ccc(C(=O)CCC(=O)O)cc2n1Cc1ccc(-c2ccccc2OC(=O)O)cc1. The Balaban J connectivity index is 1.65. The summed E-state index contributed by atoms with van der Waals surface area (Å²) in [5.74, 6) is -0.0118. The van der Waals surface area contributed by atoms with Crippen LogP contribution < -0.4 is 4.74 Å². The molecule has 1 heterocycles. The van der Waals surface area contributed by atoms with Gasteiger partial charge in [-0.05, 0) is 41.8 Å². The van der Waals surface area contributed by atoms with Crippen molar-refractivity contribution in [2.45, 2.75) is 45.6 Å². The number of carbonyl (C=O) groups is 3. The van der Waals surface area contributed by atoms with Gasteiger partial charge in [0.05, 0.1) is 17.5 Å². The summed E-state index contributed by atoms with van der Waals surface area (Å²) in [7, 11) is 0. The van der Waals surface area contributed by atoms with Crippen LogP contribution in [0, 0.1) is 0 Å². The number of para-hydroxylation sites is 1. The van der Waals surface area contributed by atoms with Gasteiger partial charge in [-0.3, -0.25) is 9.59 Å². The highest BCUT2D eigenvalue weighted by Gasteiger charge is 2.16. The van der Waals surface area contributed by atoms with Crippen molar-refractivity contribution in [3.63, 3.8) is 0 Å². The number of unbranched alkanes of at least 4 members (excludes halogenated alkanes) is 1. The molecule has 190 valence electrons. The highest BCUT2D eigenvalue weighted by atomic mass is 16.7. The van der Waals surface area contributed by atoms with Crippen LogP contribution in [-0.4, -0.2) is 37.7 Å². The van der Waals surface area contributed by atoms with Gasteiger partial charge in [0.2, 0.25) is 0 Å². The van der Waals surface area contributed by atoms with Crippen LogP contribution >= 0.6 is 0 Å². The number of aromatic nitrogens is 2. The molecule has 0 spiro atoms. The third kappa shape index (κ3) is 6.22. The zero-order valence-corrected chi connectivity index (χ0v) is 20.5. The number of hydrogen-bond acceptors (Lipinski definition) is 5. The van der Waals surface area contributed by atoms with Gasteiger partial charge in [-0.25, -0.2) is 9.78 Å². The fourth-order valence-corrected chi connectivity index (χ4v) is 4.27. The summed E-state index contributed by atoms with van der Waals surface area (Å²) in [6, 6.07) is 20.1. The average molecular weight is 501 g/mol. The molecule has 0 saturated heterocycles. The number of carboxylic acid groups (broad SMARTS) is 2. The zero-order chi connectivity index (χ0) is 26.4. The first-order chi connectivity index (χ1) is 17.9. The van der Waals surface area contributed by atoms with Crippen molar-refractivity contribution in [2.24, 2.45) is 0 Å². The van der Waals surface area contributed by atoms with Crippen LogP contribution in [0.15, 0.2) is 66.7 Å². The van der Waals surface area contributed by atoms with Gasteiger partial charge in [0.1, 0.15) is 11.6 Å². The third-order valence-corrected chi connectivity index (χ3v) is 6.16. The van der Waals surface area contributed by atoms with Gasteiger partial charge in [0.25, 0.3) is 0 Å². The van der Waals surface area contributed by atoms with Crippen LogP contribution in [0.2, 0.25) is 0 Å². The van der Waals surface area contributed by atoms with Crippen molar-refractivity contribution in [3.05, 3.63) is 83.7 Å². The summed E-state index contributed by atoms with van der Waals surface area (Å²) < 4.78 is 7.03. The van der Waals surface area contributed by atoms with Crippen molar-refractivity contribution in [2.75, 3.05) is 0 Å². The molecule has 37 heavy (non-hydrogen) atoms. The number of benzene rings is 3. The Morgan fingerprint density at radius 1 is 0.946 bits per heavy atom. The molecule has 0 radical (unpaired) electrons. The van der Waals surface area contributed by atoms with E-state index >= 15 is 0 Å². The van der Waals surface area contributed by atoms with Gasteiger partial charge < -0.3 is 19.5 Å². The van der Waals surface area contributed by atoms with Gasteiger partial charge in [-0.2, -0.15) is 0 Å². The number of fused-ring (bicyclic) bond motifs is 1. The molecule has 0 aliphatic carbocycles. The molecule has 0 amide bonds. The summed E-state index contributed by atoms with van der Waals surface area (Å²) in [6.07, 6.45) is 1.18. The number of carboxylic acids is 1. The molecule has 0 aliphatic rings. The first-order valence-electron chi connectivity index (χ1n) is 12.2. The van der Waals surface area contributed by atoms with E-state index in [1.54, 1.807) is 24.3 Å². The quantitative estimate of drug-likeness (QED) is 0.143. The van der Waals surface area contributed by atoms with E-state index in [9.17, 15) is 14.4 Å². The minimum absolute atomic E-state index is 0.0494. The summed E-state index contributed by atoms with van der Waals surface area (Å²) in [5, 5.41) is 18.0. The number of nitrogens with zero attached hydrogens (tertiary/aromatic N) is 2. The molecule has 4 aromatic rings. The third-order valence-electron chi connectivity index (χ3n) is 6.16. The molecule has 0 atom stereocenters. The Morgan fingerprint density at radius 3 is 2.41 bits per heavy atom. The Bertz CT molecular complexity index is 1440. The number of ketones is 1. The lowest BCUT2D eigenvalue weighted by atomic mass is 10.0. The lowest BCUT2D eigenvalue weighted by Gasteiger charge is -2.12. The van der Waals surface area contributed by atoms with E-state index in [1.807, 2.05) is 42.5 Å². The first kappa shape index (κ1) is 25.6. The Labute approximate surface area is 214 Å². The lowest BCUT2D eigenvalue weighted by molar-refractivity contribution is -0.136. The molecular formula is C29H28N2O6. The molecule has 8 heteroatoms. The monoisotopic (exact) mass is 500 g/mol. The Morgan fingerprint density at radius 2 is 1.70 bits per heavy atom. The number of carbonyl (C=O) groups excluding carboxylic acids is 1. The topological polar surface area (TPSA) is 119 Å². The summed E-state index contributed by atoms with van der Waals surface area (Å²) in [5.41, 5.74) is 4.61. The largest absolute Gasteiger partial charge is 0.511 e. The number of rotatable bonds is 11. The van der Waals surface area contributed by atoms with Crippen molar-refractivity contribution < 1.29 is 29.3 Å². The van der Waals surface area contributed by atoms with Crippen LogP contribution in [-0.2, 0) is 17.8 Å². The molecule has 4 rings (SSSR count). The highest BCUT2D eigenvalue weighted by Crippen LogP contribution is 2.30. The number of imidazole rings is 1. The second-order valence-corrected chi connectivity index (χ2v) is 8.80. The highest BCUT2D eigenvalue weighted by molar-refractivity contribution is 6.00. The van der Waals surface area contributed by atoms with Gasteiger partial charge in [0, 0.05) is 30.5 Å². The normalized spacial score (nSPS) is 10.9. The van der Waals surface area contributed by atoms with E-state index < -0.39 is 12.1 Å². The molecule has 2 N–H and O–H groups in total. The van der Waals surface area contributed by atoms with Crippen LogP contribution in [0.3, 0.4) is 0 Å². The van der Waals surface area contributed by atoms with Gasteiger partial charge in [-0.15, -0.1) is 0 Å². The molecular weight excluding hydrogens is 472 g/mol. The zero-order valence-electron chi connectivity index (χ0n) is 20.5. The van der Waals surface area contributed by atoms with Gasteiger partial charge >= 0.3 is 12.1 Å². The number of aliphatic carboxylic acids is 1. The van der Waals surface area contributed by atoms with E-state index in [-0.39, 0.29) is 24.4 Å². The van der Waals surface area contributed by atoms with E-state index in [4.69, 9.17) is 19.9 Å². The minimum atomic E-state index is -1.36. The van der Waals surface area contributed by atoms with Gasteiger partial charge in [0.15, 0.2) is 5.78 Å². The van der Waals surface area contributed by atoms with Crippen LogP contribution in [0.5, 0.6) is 5.75 Å². The first-order valence-corrected chi connectivity index (χ1v) is 12.2. The van der Waals surface area contributed by atoms with Crippen molar-refractivity contribution in [1.82, 2.24) is 9.55 Å². The maximum atomic E-state index is 12.6. The average Bonchev–Trinajstić information content (AvgIpc) is 3.22. The summed E-state index contributed by atoms with van der Waals surface area (Å²) in [4.78, 5) is 39.3. The van der Waals surface area contributed by atoms with Crippen LogP contribution in [0.4, 0.5) is 4.79 Å². The van der Waals surface area contributed by atoms with Crippen molar-refractivity contribution in [1.29, 1.82) is 0 Å². The molecule has 3 aromatic carbocycles. The number of ether oxygens (including phenoxy) is 1. The fraction of sp³-hybridized carbons (Fsp3) is 0.241. The standard InChI is InChI=1S/C29H28N2O6/c1-2-3-8-27-30-23-14-13-21(25(32)15-16-28(33)34)17-24(23)31(27)18-19-9-11-20(12-10-19)22-6-4-5-7-26(22)37-29(35)36/h4-7,9-14,17H,2-3,8,15-16,18H2,1H3,(H,33,34)(H,35,36). The molecule has 8 nitrogen and oxygen atoms in total. The van der Waals surface area contributed by atoms with E-state index in [0.29, 0.717) is 17.7 Å². The van der Waals surface area contributed by atoms with Crippen molar-refractivity contribution in [3.8, 4) is 16.9 Å². The van der Waals surface area contributed by atoms with Crippen LogP contribution in [0.25, 0.3) is 22.2 Å². The lowest BCUT2D eigenvalue weighted by Crippen LogP contribution is -2.07. The smallest absolute Gasteiger partial charge is 0.481 e. The predicted octanol–water partition coefficient (Wildman–Crippen LogP) is 6.20. The Hall–Kier alpha value is -4.46. The fourth-order valence-electron chi connectivity index (χ4n) is 4.27. The summed E-state index contributed by atoms with van der Waals surface area (Å²) >= 11 is 0. The molecule has 0 unspecified atom stereocenters. The molecule has 0 saturated carbocycles.